The van der Waals surface area contributed by atoms with E-state index in [4.69, 9.17) is 14.0 Å². The summed E-state index contributed by atoms with van der Waals surface area (Å²) in [6, 6.07) is 7.71. The van der Waals surface area contributed by atoms with Gasteiger partial charge in [-0.2, -0.15) is 4.98 Å². The Hall–Kier alpha value is -2.71. The van der Waals surface area contributed by atoms with Crippen molar-refractivity contribution in [1.82, 2.24) is 20.0 Å². The van der Waals surface area contributed by atoms with E-state index in [2.05, 4.69) is 25.3 Å². The lowest BCUT2D eigenvalue weighted by Crippen LogP contribution is -2.37. The number of benzene rings is 1. The van der Waals surface area contributed by atoms with E-state index in [0.717, 1.165) is 68.3 Å². The van der Waals surface area contributed by atoms with Gasteiger partial charge in [0.05, 0.1) is 20.3 Å². The second-order valence-electron chi connectivity index (χ2n) is 6.37. The van der Waals surface area contributed by atoms with Crippen molar-refractivity contribution in [2.24, 2.45) is 0 Å². The van der Waals surface area contributed by atoms with Gasteiger partial charge in [0.1, 0.15) is 29.0 Å². The molecule has 1 fully saturated rings. The minimum atomic E-state index is 0.460. The van der Waals surface area contributed by atoms with Gasteiger partial charge in [-0.15, -0.1) is 0 Å². The number of nitrogens with zero attached hydrogens (tertiary/aromatic N) is 4. The lowest BCUT2D eigenvalue weighted by molar-refractivity contribution is 0.0378. The Balaban J connectivity index is 1.52. The molecule has 0 bridgehead atoms. The summed E-state index contributed by atoms with van der Waals surface area (Å²) in [5, 5.41) is 8.40. The summed E-state index contributed by atoms with van der Waals surface area (Å²) in [5.41, 5.74) is 1.99. The SMILES string of the molecule is COc1ccccc1-c1noc2ncnc(NCCCN3CCOCC3)c12. The topological polar surface area (TPSA) is 85.5 Å². The number of hydrogen-bond acceptors (Lipinski definition) is 8. The standard InChI is InChI=1S/C19H23N5O3/c1-25-15-6-3-2-5-14(15)17-16-18(21-13-22-19(16)27-23-17)20-7-4-8-24-9-11-26-12-10-24/h2-3,5-6,13H,4,7-12H2,1H3,(H,20,21,22). The van der Waals surface area contributed by atoms with Gasteiger partial charge in [0.15, 0.2) is 0 Å². The maximum Gasteiger partial charge on any atom is 0.263 e. The number of anilines is 1. The van der Waals surface area contributed by atoms with Gasteiger partial charge < -0.3 is 19.3 Å². The van der Waals surface area contributed by atoms with Crippen LogP contribution in [-0.4, -0.2) is 66.5 Å². The van der Waals surface area contributed by atoms with E-state index in [0.29, 0.717) is 11.4 Å². The normalized spacial score (nSPS) is 15.1. The molecule has 8 heteroatoms. The summed E-state index contributed by atoms with van der Waals surface area (Å²) >= 11 is 0. The van der Waals surface area contributed by atoms with Crippen LogP contribution in [0.2, 0.25) is 0 Å². The summed E-state index contributed by atoms with van der Waals surface area (Å²) in [6.45, 7) is 5.49. The Morgan fingerprint density at radius 3 is 2.89 bits per heavy atom. The van der Waals surface area contributed by atoms with Crippen molar-refractivity contribution >= 4 is 16.9 Å². The molecular weight excluding hydrogens is 346 g/mol. The van der Waals surface area contributed by atoms with Gasteiger partial charge in [-0.05, 0) is 25.1 Å². The first-order chi connectivity index (χ1) is 13.4. The number of ether oxygens (including phenoxy) is 2. The van der Waals surface area contributed by atoms with Crippen molar-refractivity contribution in [3.05, 3.63) is 30.6 Å². The van der Waals surface area contributed by atoms with Crippen molar-refractivity contribution in [3.8, 4) is 17.0 Å². The van der Waals surface area contributed by atoms with Crippen LogP contribution < -0.4 is 10.1 Å². The van der Waals surface area contributed by atoms with Crippen molar-refractivity contribution in [2.75, 3.05) is 51.8 Å². The fourth-order valence-corrected chi connectivity index (χ4v) is 3.28. The Kier molecular flexibility index (Phi) is 5.45. The van der Waals surface area contributed by atoms with E-state index in [9.17, 15) is 0 Å². The monoisotopic (exact) mass is 369 g/mol. The molecule has 0 aliphatic carbocycles. The first-order valence-electron chi connectivity index (χ1n) is 9.14. The molecule has 0 atom stereocenters. The van der Waals surface area contributed by atoms with E-state index >= 15 is 0 Å². The zero-order valence-electron chi connectivity index (χ0n) is 15.4. The van der Waals surface area contributed by atoms with Gasteiger partial charge >= 0.3 is 0 Å². The number of morpholine rings is 1. The predicted octanol–water partition coefficient (Wildman–Crippen LogP) is 2.43. The van der Waals surface area contributed by atoms with Crippen LogP contribution in [-0.2, 0) is 4.74 Å². The molecule has 0 radical (unpaired) electrons. The quantitative estimate of drug-likeness (QED) is 0.636. The lowest BCUT2D eigenvalue weighted by Gasteiger charge is -2.26. The molecule has 3 aromatic rings. The Bertz CT molecular complexity index is 892. The average molecular weight is 369 g/mol. The van der Waals surface area contributed by atoms with E-state index in [1.165, 1.54) is 6.33 Å². The van der Waals surface area contributed by atoms with E-state index < -0.39 is 0 Å². The van der Waals surface area contributed by atoms with E-state index in [1.54, 1.807) is 7.11 Å². The molecule has 0 spiro atoms. The molecule has 1 aliphatic rings. The molecule has 2 aromatic heterocycles. The first-order valence-corrected chi connectivity index (χ1v) is 9.14. The van der Waals surface area contributed by atoms with Gasteiger partial charge in [-0.25, -0.2) is 4.98 Å². The summed E-state index contributed by atoms with van der Waals surface area (Å²) in [5.74, 6) is 1.46. The molecule has 4 rings (SSSR count). The van der Waals surface area contributed by atoms with Crippen molar-refractivity contribution in [2.45, 2.75) is 6.42 Å². The van der Waals surface area contributed by atoms with Crippen LogP contribution in [0.4, 0.5) is 5.82 Å². The molecule has 1 aliphatic heterocycles. The second kappa shape index (κ2) is 8.32. The molecule has 1 aromatic carbocycles. The Labute approximate surface area is 157 Å². The molecule has 0 unspecified atom stereocenters. The molecule has 142 valence electrons. The Morgan fingerprint density at radius 1 is 1.19 bits per heavy atom. The summed E-state index contributed by atoms with van der Waals surface area (Å²) < 4.78 is 16.3. The highest BCUT2D eigenvalue weighted by Crippen LogP contribution is 2.36. The fraction of sp³-hybridized carbons (Fsp3) is 0.421. The van der Waals surface area contributed by atoms with Crippen LogP contribution in [0.5, 0.6) is 5.75 Å². The number of rotatable bonds is 7. The van der Waals surface area contributed by atoms with E-state index in [1.807, 2.05) is 24.3 Å². The number of nitrogens with one attached hydrogen (secondary N) is 1. The van der Waals surface area contributed by atoms with Gasteiger partial charge in [0.2, 0.25) is 0 Å². The highest BCUT2D eigenvalue weighted by molar-refractivity contribution is 5.98. The number of methoxy groups -OCH3 is 1. The van der Waals surface area contributed by atoms with Crippen molar-refractivity contribution in [3.63, 3.8) is 0 Å². The molecule has 0 saturated carbocycles. The lowest BCUT2D eigenvalue weighted by atomic mass is 10.1. The van der Waals surface area contributed by atoms with E-state index in [-0.39, 0.29) is 0 Å². The van der Waals surface area contributed by atoms with Crippen LogP contribution in [0.25, 0.3) is 22.4 Å². The summed E-state index contributed by atoms with van der Waals surface area (Å²) in [4.78, 5) is 11.0. The van der Waals surface area contributed by atoms with Crippen LogP contribution in [0, 0.1) is 0 Å². The summed E-state index contributed by atoms with van der Waals surface area (Å²) in [6.07, 6.45) is 2.50. The molecular formula is C19H23N5O3. The van der Waals surface area contributed by atoms with Crippen LogP contribution in [0.3, 0.4) is 0 Å². The molecule has 1 N–H and O–H groups in total. The maximum atomic E-state index is 5.47. The van der Waals surface area contributed by atoms with Crippen LogP contribution in [0.15, 0.2) is 35.1 Å². The zero-order valence-corrected chi connectivity index (χ0v) is 15.4. The summed E-state index contributed by atoms with van der Waals surface area (Å²) in [7, 11) is 1.64. The minimum absolute atomic E-state index is 0.460. The predicted molar refractivity (Wildman–Crippen MR) is 102 cm³/mol. The molecule has 1 saturated heterocycles. The highest BCUT2D eigenvalue weighted by Gasteiger charge is 2.19. The fourth-order valence-electron chi connectivity index (χ4n) is 3.28. The van der Waals surface area contributed by atoms with Gasteiger partial charge in [0, 0.05) is 25.2 Å². The number of aromatic nitrogens is 3. The molecule has 3 heterocycles. The third-order valence-electron chi connectivity index (χ3n) is 4.68. The third kappa shape index (κ3) is 3.86. The van der Waals surface area contributed by atoms with Crippen LogP contribution >= 0.6 is 0 Å². The number of fused-ring (bicyclic) bond motifs is 1. The van der Waals surface area contributed by atoms with Crippen molar-refractivity contribution in [1.29, 1.82) is 0 Å². The van der Waals surface area contributed by atoms with Crippen LogP contribution in [0.1, 0.15) is 6.42 Å². The first kappa shape index (κ1) is 17.7. The number of para-hydroxylation sites is 1. The Morgan fingerprint density at radius 2 is 2.04 bits per heavy atom. The van der Waals surface area contributed by atoms with Gasteiger partial charge in [-0.3, -0.25) is 4.90 Å². The van der Waals surface area contributed by atoms with Crippen molar-refractivity contribution < 1.29 is 14.0 Å². The average Bonchev–Trinajstić information content (AvgIpc) is 3.17. The van der Waals surface area contributed by atoms with Gasteiger partial charge in [0.25, 0.3) is 5.71 Å². The minimum Gasteiger partial charge on any atom is -0.496 e. The molecule has 27 heavy (non-hydrogen) atoms. The largest absolute Gasteiger partial charge is 0.496 e. The van der Waals surface area contributed by atoms with Gasteiger partial charge in [-0.1, -0.05) is 17.3 Å². The maximum absolute atomic E-state index is 5.47. The second-order valence-corrected chi connectivity index (χ2v) is 6.37. The molecule has 8 nitrogen and oxygen atoms in total. The zero-order chi connectivity index (χ0) is 18.5. The highest BCUT2D eigenvalue weighted by atomic mass is 16.5. The number of hydrogen-bond donors (Lipinski definition) is 1. The smallest absolute Gasteiger partial charge is 0.263 e. The third-order valence-corrected chi connectivity index (χ3v) is 4.68. The molecule has 0 amide bonds.